The minimum Gasteiger partial charge on any atom is -0.481 e. The quantitative estimate of drug-likeness (QED) is 0.910. The molecule has 0 saturated heterocycles. The molecule has 0 saturated carbocycles. The van der Waals surface area contributed by atoms with Crippen LogP contribution in [-0.2, 0) is 0 Å². The second kappa shape index (κ2) is 5.17. The average Bonchev–Trinajstić information content (AvgIpc) is 2.39. The van der Waals surface area contributed by atoms with Gasteiger partial charge >= 0.3 is 0 Å². The first kappa shape index (κ1) is 11.9. The van der Waals surface area contributed by atoms with Crippen molar-refractivity contribution in [3.63, 3.8) is 0 Å². The number of methoxy groups -OCH3 is 1. The lowest BCUT2D eigenvalue weighted by Crippen LogP contribution is -2.01. The fraction of sp³-hybridized carbons (Fsp3) is 0.154. The second-order valence-corrected chi connectivity index (χ2v) is 3.97. The zero-order chi connectivity index (χ0) is 12.3. The fourth-order valence-electron chi connectivity index (χ4n) is 1.57. The van der Waals surface area contributed by atoms with Crippen molar-refractivity contribution >= 4 is 11.6 Å². The molecule has 1 heterocycles. The van der Waals surface area contributed by atoms with Crippen LogP contribution in [0, 0.1) is 0 Å². The lowest BCUT2D eigenvalue weighted by molar-refractivity contribution is 0.219. The van der Waals surface area contributed by atoms with Gasteiger partial charge in [-0.15, -0.1) is 0 Å². The number of benzene rings is 1. The Bertz CT molecular complexity index is 502. The predicted octanol–water partition coefficient (Wildman–Crippen LogP) is 2.83. The van der Waals surface area contributed by atoms with E-state index in [1.54, 1.807) is 6.07 Å². The fourth-order valence-corrected chi connectivity index (χ4v) is 1.78. The van der Waals surface area contributed by atoms with Gasteiger partial charge in [0.15, 0.2) is 0 Å². The minimum absolute atomic E-state index is 0.419. The number of pyridine rings is 1. The van der Waals surface area contributed by atoms with Crippen molar-refractivity contribution in [2.75, 3.05) is 7.11 Å². The molecule has 0 spiro atoms. The van der Waals surface area contributed by atoms with Crippen LogP contribution in [0.15, 0.2) is 42.6 Å². The van der Waals surface area contributed by atoms with Crippen LogP contribution >= 0.6 is 11.6 Å². The molecule has 1 aromatic heterocycles. The third kappa shape index (κ3) is 2.57. The maximum Gasteiger partial charge on any atom is 0.213 e. The highest BCUT2D eigenvalue weighted by atomic mass is 35.5. The maximum atomic E-state index is 10.2. The molecule has 0 bridgehead atoms. The van der Waals surface area contributed by atoms with E-state index < -0.39 is 6.10 Å². The lowest BCUT2D eigenvalue weighted by atomic mass is 10.0. The Labute approximate surface area is 105 Å². The molecule has 4 heteroatoms. The van der Waals surface area contributed by atoms with Crippen molar-refractivity contribution in [2.45, 2.75) is 6.10 Å². The van der Waals surface area contributed by atoms with Gasteiger partial charge < -0.3 is 9.84 Å². The van der Waals surface area contributed by atoms with E-state index in [0.717, 1.165) is 5.56 Å². The number of rotatable bonds is 3. The number of ether oxygens (including phenoxy) is 1. The number of aliphatic hydroxyl groups is 1. The molecular weight excluding hydrogens is 238 g/mol. The first-order valence-corrected chi connectivity index (χ1v) is 5.52. The number of aromatic nitrogens is 1. The third-order valence-electron chi connectivity index (χ3n) is 2.48. The van der Waals surface area contributed by atoms with Gasteiger partial charge in [-0.05, 0) is 5.56 Å². The lowest BCUT2D eigenvalue weighted by Gasteiger charge is -2.13. The Kier molecular flexibility index (Phi) is 3.61. The number of halogens is 1. The van der Waals surface area contributed by atoms with E-state index >= 15 is 0 Å². The number of hydrogen-bond donors (Lipinski definition) is 1. The molecule has 0 fully saturated rings. The van der Waals surface area contributed by atoms with E-state index in [2.05, 4.69) is 4.98 Å². The van der Waals surface area contributed by atoms with E-state index in [1.807, 2.05) is 30.3 Å². The molecule has 0 radical (unpaired) electrons. The number of aliphatic hydroxyl groups excluding tert-OH is 1. The van der Waals surface area contributed by atoms with E-state index in [4.69, 9.17) is 16.3 Å². The summed E-state index contributed by atoms with van der Waals surface area (Å²) in [4.78, 5) is 3.97. The Hall–Kier alpha value is -1.58. The van der Waals surface area contributed by atoms with Crippen LogP contribution in [0.2, 0.25) is 5.02 Å². The van der Waals surface area contributed by atoms with E-state index in [1.165, 1.54) is 13.3 Å². The monoisotopic (exact) mass is 249 g/mol. The van der Waals surface area contributed by atoms with Crippen molar-refractivity contribution in [1.29, 1.82) is 0 Å². The normalized spacial score (nSPS) is 12.2. The second-order valence-electron chi connectivity index (χ2n) is 3.56. The van der Waals surface area contributed by atoms with E-state index in [-0.39, 0.29) is 0 Å². The molecule has 0 aliphatic carbocycles. The summed E-state index contributed by atoms with van der Waals surface area (Å²) in [6.45, 7) is 0. The molecule has 88 valence electrons. The first-order valence-electron chi connectivity index (χ1n) is 5.15. The summed E-state index contributed by atoms with van der Waals surface area (Å²) >= 11 is 6.02. The minimum atomic E-state index is -0.777. The van der Waals surface area contributed by atoms with Crippen molar-refractivity contribution < 1.29 is 9.84 Å². The molecule has 1 unspecified atom stereocenters. The Morgan fingerprint density at radius 1 is 1.29 bits per heavy atom. The number of nitrogens with zero attached hydrogens (tertiary/aromatic N) is 1. The van der Waals surface area contributed by atoms with Gasteiger partial charge in [0, 0.05) is 17.8 Å². The molecule has 0 amide bonds. The highest BCUT2D eigenvalue weighted by Gasteiger charge is 2.15. The van der Waals surface area contributed by atoms with Crippen molar-refractivity contribution in [3.05, 3.63) is 58.7 Å². The highest BCUT2D eigenvalue weighted by Crippen LogP contribution is 2.29. The molecule has 1 aromatic carbocycles. The molecular formula is C13H12ClNO2. The van der Waals surface area contributed by atoms with Crippen LogP contribution in [0.5, 0.6) is 5.88 Å². The van der Waals surface area contributed by atoms with Crippen molar-refractivity contribution in [1.82, 2.24) is 4.98 Å². The molecule has 17 heavy (non-hydrogen) atoms. The summed E-state index contributed by atoms with van der Waals surface area (Å²) in [5.74, 6) is 0.430. The molecule has 0 aliphatic rings. The summed E-state index contributed by atoms with van der Waals surface area (Å²) in [6.07, 6.45) is 0.697. The van der Waals surface area contributed by atoms with Gasteiger partial charge in [0.25, 0.3) is 0 Å². The summed E-state index contributed by atoms with van der Waals surface area (Å²) in [5.41, 5.74) is 1.37. The van der Waals surface area contributed by atoms with Gasteiger partial charge in [-0.2, -0.15) is 0 Å². The number of hydrogen-bond acceptors (Lipinski definition) is 3. The summed E-state index contributed by atoms with van der Waals surface area (Å²) in [5, 5.41) is 10.6. The smallest absolute Gasteiger partial charge is 0.213 e. The van der Waals surface area contributed by atoms with Crippen LogP contribution in [0.3, 0.4) is 0 Å². The molecule has 1 N–H and O–H groups in total. The van der Waals surface area contributed by atoms with Crippen LogP contribution in [0.1, 0.15) is 17.2 Å². The molecule has 0 aliphatic heterocycles. The van der Waals surface area contributed by atoms with Gasteiger partial charge in [0.2, 0.25) is 5.88 Å². The van der Waals surface area contributed by atoms with Gasteiger partial charge in [-0.25, -0.2) is 4.98 Å². The highest BCUT2D eigenvalue weighted by molar-refractivity contribution is 6.31. The standard InChI is InChI=1S/C13H12ClNO2/c1-17-12-7-10(11(14)8-15-12)13(16)9-5-3-2-4-6-9/h2-8,13,16H,1H3. The van der Waals surface area contributed by atoms with Crippen molar-refractivity contribution in [2.24, 2.45) is 0 Å². The first-order chi connectivity index (χ1) is 8.22. The summed E-state index contributed by atoms with van der Waals surface area (Å²) < 4.78 is 5.02. The van der Waals surface area contributed by atoms with Gasteiger partial charge in [-0.3, -0.25) is 0 Å². The molecule has 1 atom stereocenters. The van der Waals surface area contributed by atoms with Crippen molar-refractivity contribution in [3.8, 4) is 5.88 Å². The van der Waals surface area contributed by atoms with E-state index in [0.29, 0.717) is 16.5 Å². The molecule has 2 rings (SSSR count). The van der Waals surface area contributed by atoms with Gasteiger partial charge in [0.1, 0.15) is 6.10 Å². The topological polar surface area (TPSA) is 42.4 Å². The zero-order valence-corrected chi connectivity index (χ0v) is 10.1. The van der Waals surface area contributed by atoms with Crippen LogP contribution < -0.4 is 4.74 Å². The Balaban J connectivity index is 2.40. The summed E-state index contributed by atoms with van der Waals surface area (Å²) in [7, 11) is 1.52. The van der Waals surface area contributed by atoms with Gasteiger partial charge in [-0.1, -0.05) is 41.9 Å². The third-order valence-corrected chi connectivity index (χ3v) is 2.79. The zero-order valence-electron chi connectivity index (χ0n) is 9.30. The van der Waals surface area contributed by atoms with Gasteiger partial charge in [0.05, 0.1) is 12.1 Å². The Morgan fingerprint density at radius 3 is 2.65 bits per heavy atom. The maximum absolute atomic E-state index is 10.2. The van der Waals surface area contributed by atoms with Crippen LogP contribution in [-0.4, -0.2) is 17.2 Å². The SMILES string of the molecule is COc1cc(C(O)c2ccccc2)c(Cl)cn1. The summed E-state index contributed by atoms with van der Waals surface area (Å²) in [6, 6.07) is 10.9. The van der Waals surface area contributed by atoms with Crippen LogP contribution in [0.25, 0.3) is 0 Å². The average molecular weight is 250 g/mol. The molecule has 3 nitrogen and oxygen atoms in total. The largest absolute Gasteiger partial charge is 0.481 e. The Morgan fingerprint density at radius 2 is 2.00 bits per heavy atom. The predicted molar refractivity (Wildman–Crippen MR) is 66.3 cm³/mol. The van der Waals surface area contributed by atoms with Crippen LogP contribution in [0.4, 0.5) is 0 Å². The van der Waals surface area contributed by atoms with E-state index in [9.17, 15) is 5.11 Å². The molecule has 2 aromatic rings.